The van der Waals surface area contributed by atoms with E-state index >= 15 is 0 Å². The van der Waals surface area contributed by atoms with Gasteiger partial charge >= 0.3 is 5.97 Å². The van der Waals surface area contributed by atoms with E-state index in [2.05, 4.69) is 30.9 Å². The summed E-state index contributed by atoms with van der Waals surface area (Å²) >= 11 is 6.31. The molecule has 0 saturated carbocycles. The summed E-state index contributed by atoms with van der Waals surface area (Å²) in [4.78, 5) is 12.9. The van der Waals surface area contributed by atoms with Crippen LogP contribution in [0.25, 0.3) is 0 Å². The van der Waals surface area contributed by atoms with E-state index < -0.39 is 5.97 Å². The molecule has 2 aromatic carbocycles. The van der Waals surface area contributed by atoms with Gasteiger partial charge in [-0.25, -0.2) is 0 Å². The lowest BCUT2D eigenvalue weighted by Crippen LogP contribution is -2.39. The fourth-order valence-corrected chi connectivity index (χ4v) is 3.54. The predicted molar refractivity (Wildman–Crippen MR) is 121 cm³/mol. The average molecular weight is 454 g/mol. The molecule has 1 unspecified atom stereocenters. The maximum atomic E-state index is 10.8. The van der Waals surface area contributed by atoms with Crippen LogP contribution in [-0.2, 0) is 16.1 Å². The van der Waals surface area contributed by atoms with Gasteiger partial charge in [-0.15, -0.1) is 12.4 Å². The van der Waals surface area contributed by atoms with Gasteiger partial charge in [0.2, 0.25) is 0 Å². The van der Waals surface area contributed by atoms with Crippen molar-refractivity contribution in [2.45, 2.75) is 38.9 Å². The Hall–Kier alpha value is -1.79. The molecule has 0 aliphatic carbocycles. The van der Waals surface area contributed by atoms with Crippen molar-refractivity contribution in [3.05, 3.63) is 64.2 Å². The van der Waals surface area contributed by atoms with E-state index in [4.69, 9.17) is 26.2 Å². The first-order valence-electron chi connectivity index (χ1n) is 9.99. The Morgan fingerprint density at radius 3 is 2.67 bits per heavy atom. The van der Waals surface area contributed by atoms with Gasteiger partial charge in [0.1, 0.15) is 12.4 Å². The summed E-state index contributed by atoms with van der Waals surface area (Å²) in [5.74, 6) is 0.447. The second-order valence-corrected chi connectivity index (χ2v) is 8.07. The Bertz CT molecular complexity index is 826. The van der Waals surface area contributed by atoms with Gasteiger partial charge in [0.05, 0.1) is 19.1 Å². The third kappa shape index (κ3) is 6.88. The van der Waals surface area contributed by atoms with Crippen molar-refractivity contribution in [1.82, 2.24) is 4.90 Å². The SMILES string of the molecule is CC(C)c1ccc(Cl)c(COc2ccc(C3CN(CCC(=O)O)CCO3)cc2)c1.Cl. The van der Waals surface area contributed by atoms with Crippen molar-refractivity contribution < 1.29 is 19.4 Å². The molecular formula is C23H29Cl2NO4. The van der Waals surface area contributed by atoms with Crippen LogP contribution in [0.3, 0.4) is 0 Å². The molecule has 5 nitrogen and oxygen atoms in total. The fraction of sp³-hybridized carbons (Fsp3) is 0.435. The van der Waals surface area contributed by atoms with Crippen molar-refractivity contribution in [3.8, 4) is 5.75 Å². The fourth-order valence-electron chi connectivity index (χ4n) is 3.37. The van der Waals surface area contributed by atoms with Gasteiger partial charge in [0, 0.05) is 30.2 Å². The van der Waals surface area contributed by atoms with Gasteiger partial charge in [-0.1, -0.05) is 49.7 Å². The first-order chi connectivity index (χ1) is 13.9. The highest BCUT2D eigenvalue weighted by Gasteiger charge is 2.22. The van der Waals surface area contributed by atoms with Gasteiger partial charge in [-0.2, -0.15) is 0 Å². The zero-order chi connectivity index (χ0) is 20.8. The average Bonchev–Trinajstić information content (AvgIpc) is 2.72. The normalized spacial score (nSPS) is 16.9. The lowest BCUT2D eigenvalue weighted by atomic mass is 10.0. The Morgan fingerprint density at radius 1 is 1.27 bits per heavy atom. The number of aliphatic carboxylic acids is 1. The number of carbonyl (C=O) groups is 1. The molecule has 2 aromatic rings. The minimum Gasteiger partial charge on any atom is -0.489 e. The molecule has 1 N–H and O–H groups in total. The smallest absolute Gasteiger partial charge is 0.304 e. The van der Waals surface area contributed by atoms with Crippen molar-refractivity contribution in [2.75, 3.05) is 26.2 Å². The van der Waals surface area contributed by atoms with Crippen molar-refractivity contribution in [2.24, 2.45) is 0 Å². The number of carboxylic acids is 1. The summed E-state index contributed by atoms with van der Waals surface area (Å²) in [6.07, 6.45) is 0.101. The topological polar surface area (TPSA) is 59.0 Å². The van der Waals surface area contributed by atoms with Gasteiger partial charge < -0.3 is 14.6 Å². The van der Waals surface area contributed by atoms with Crippen LogP contribution in [0, 0.1) is 0 Å². The number of benzene rings is 2. The Labute approximate surface area is 189 Å². The molecule has 164 valence electrons. The molecule has 3 rings (SSSR count). The molecule has 1 saturated heterocycles. The molecule has 30 heavy (non-hydrogen) atoms. The third-order valence-corrected chi connectivity index (χ3v) is 5.54. The zero-order valence-corrected chi connectivity index (χ0v) is 18.9. The predicted octanol–water partition coefficient (Wildman–Crippen LogP) is 5.31. The van der Waals surface area contributed by atoms with Crippen LogP contribution < -0.4 is 4.74 Å². The molecule has 1 aliphatic heterocycles. The van der Waals surface area contributed by atoms with Crippen LogP contribution in [0.4, 0.5) is 0 Å². The maximum absolute atomic E-state index is 10.8. The maximum Gasteiger partial charge on any atom is 0.304 e. The largest absolute Gasteiger partial charge is 0.489 e. The van der Waals surface area contributed by atoms with E-state index in [1.54, 1.807) is 0 Å². The zero-order valence-electron chi connectivity index (χ0n) is 17.3. The minimum atomic E-state index is -0.770. The Morgan fingerprint density at radius 2 is 2.00 bits per heavy atom. The van der Waals surface area contributed by atoms with Gasteiger partial charge in [0.25, 0.3) is 0 Å². The van der Waals surface area contributed by atoms with Crippen molar-refractivity contribution in [3.63, 3.8) is 0 Å². The number of halogens is 2. The number of nitrogens with zero attached hydrogens (tertiary/aromatic N) is 1. The molecule has 0 radical (unpaired) electrons. The molecule has 0 bridgehead atoms. The van der Waals surface area contributed by atoms with E-state index in [0.29, 0.717) is 37.2 Å². The first kappa shape index (κ1) is 24.5. The summed E-state index contributed by atoms with van der Waals surface area (Å²) in [5, 5.41) is 9.58. The number of hydrogen-bond acceptors (Lipinski definition) is 4. The summed E-state index contributed by atoms with van der Waals surface area (Å²) in [6.45, 7) is 7.35. The number of ether oxygens (including phenoxy) is 2. The second kappa shape index (κ2) is 11.6. The molecule has 7 heteroatoms. The summed E-state index contributed by atoms with van der Waals surface area (Å²) in [7, 11) is 0. The molecule has 0 aromatic heterocycles. The van der Waals surface area contributed by atoms with Gasteiger partial charge in [0.15, 0.2) is 0 Å². The van der Waals surface area contributed by atoms with Crippen LogP contribution in [0.2, 0.25) is 5.02 Å². The molecule has 1 aliphatic rings. The highest BCUT2D eigenvalue weighted by molar-refractivity contribution is 6.31. The van der Waals surface area contributed by atoms with E-state index in [-0.39, 0.29) is 24.9 Å². The summed E-state index contributed by atoms with van der Waals surface area (Å²) < 4.78 is 11.8. The van der Waals surface area contributed by atoms with E-state index in [1.807, 2.05) is 30.3 Å². The number of morpholine rings is 1. The van der Waals surface area contributed by atoms with Gasteiger partial charge in [-0.05, 0) is 35.2 Å². The lowest BCUT2D eigenvalue weighted by Gasteiger charge is -2.32. The summed E-state index contributed by atoms with van der Waals surface area (Å²) in [6, 6.07) is 14.0. The standard InChI is InChI=1S/C23H28ClNO4.ClH/c1-16(2)18-5-8-21(24)19(13-18)15-29-20-6-3-17(4-7-20)22-14-25(11-12-28-22)10-9-23(26)27;/h3-8,13,16,22H,9-12,14-15H2,1-2H3,(H,26,27);1H. The quantitative estimate of drug-likeness (QED) is 0.586. The first-order valence-corrected chi connectivity index (χ1v) is 10.4. The second-order valence-electron chi connectivity index (χ2n) is 7.67. The number of hydrogen-bond donors (Lipinski definition) is 1. The molecule has 0 amide bonds. The highest BCUT2D eigenvalue weighted by Crippen LogP contribution is 2.26. The van der Waals surface area contributed by atoms with Crippen LogP contribution in [0.1, 0.15) is 49.0 Å². The number of carboxylic acid groups (broad SMARTS) is 1. The van der Waals surface area contributed by atoms with Crippen LogP contribution in [0.5, 0.6) is 5.75 Å². The van der Waals surface area contributed by atoms with Gasteiger partial charge in [-0.3, -0.25) is 9.69 Å². The Balaban J connectivity index is 0.00000320. The Kier molecular flexibility index (Phi) is 9.43. The van der Waals surface area contributed by atoms with E-state index in [1.165, 1.54) is 5.56 Å². The summed E-state index contributed by atoms with van der Waals surface area (Å²) in [5.41, 5.74) is 3.29. The molecule has 1 atom stereocenters. The number of rotatable bonds is 8. The van der Waals surface area contributed by atoms with Crippen molar-refractivity contribution in [1.29, 1.82) is 0 Å². The van der Waals surface area contributed by atoms with Crippen LogP contribution in [-0.4, -0.2) is 42.2 Å². The third-order valence-electron chi connectivity index (χ3n) is 5.18. The molecule has 1 heterocycles. The molecule has 1 fully saturated rings. The highest BCUT2D eigenvalue weighted by atomic mass is 35.5. The molecular weight excluding hydrogens is 425 g/mol. The van der Waals surface area contributed by atoms with Crippen LogP contribution in [0.15, 0.2) is 42.5 Å². The minimum absolute atomic E-state index is 0. The van der Waals surface area contributed by atoms with Crippen LogP contribution >= 0.6 is 24.0 Å². The lowest BCUT2D eigenvalue weighted by molar-refractivity contribution is -0.137. The van der Waals surface area contributed by atoms with E-state index in [0.717, 1.165) is 23.4 Å². The van der Waals surface area contributed by atoms with E-state index in [9.17, 15) is 4.79 Å². The van der Waals surface area contributed by atoms with Crippen molar-refractivity contribution >= 4 is 30.0 Å². The molecule has 0 spiro atoms. The monoisotopic (exact) mass is 453 g/mol.